The number of hydrogen-bond acceptors (Lipinski definition) is 12. The van der Waals surface area contributed by atoms with Gasteiger partial charge < -0.3 is 55.1 Å². The number of carbonyl (C=O) groups is 1. The standard InChI is InChI=1S/C14H24O12/c1-5(18)14(23)9(20)7(3-16)24-12(11(14)22)26-13(4-17)10(21)8(19)6(2-15)25-13/h6-12,15-17,19-23H,2-4H2,1H3/t6-,7-,8-,9-,10+,11+,12-,13?,14+/m1/s1. The van der Waals surface area contributed by atoms with Crippen LogP contribution in [0.25, 0.3) is 0 Å². The zero-order valence-electron chi connectivity index (χ0n) is 13.9. The van der Waals surface area contributed by atoms with Gasteiger partial charge in [-0.15, -0.1) is 0 Å². The molecule has 1 unspecified atom stereocenters. The molecule has 0 bridgehead atoms. The molecule has 0 radical (unpaired) electrons. The molecule has 152 valence electrons. The summed E-state index contributed by atoms with van der Waals surface area (Å²) in [5.74, 6) is -3.41. The lowest BCUT2D eigenvalue weighted by molar-refractivity contribution is -0.392. The molecule has 2 saturated heterocycles. The fourth-order valence-corrected chi connectivity index (χ4v) is 3.11. The fraction of sp³-hybridized carbons (Fsp3) is 0.929. The van der Waals surface area contributed by atoms with Crippen LogP contribution in [0.15, 0.2) is 0 Å². The highest BCUT2D eigenvalue weighted by Gasteiger charge is 2.62. The van der Waals surface area contributed by atoms with Crippen LogP contribution in [0, 0.1) is 0 Å². The first-order valence-electron chi connectivity index (χ1n) is 7.88. The SMILES string of the molecule is CC(=O)[C@]1(O)[C@H](O)[C@@H](CO)O[C@H](OC2(CO)O[C@H](CO)[C@@H](O)[C@@H]2O)[C@@H]1O. The van der Waals surface area contributed by atoms with Gasteiger partial charge in [-0.3, -0.25) is 4.79 Å². The number of hydrogen-bond donors (Lipinski definition) is 8. The summed E-state index contributed by atoms with van der Waals surface area (Å²) in [5.41, 5.74) is -2.77. The van der Waals surface area contributed by atoms with Gasteiger partial charge in [-0.25, -0.2) is 0 Å². The van der Waals surface area contributed by atoms with Crippen LogP contribution in [0.4, 0.5) is 0 Å². The van der Waals surface area contributed by atoms with Crippen molar-refractivity contribution in [1.82, 2.24) is 0 Å². The molecule has 12 nitrogen and oxygen atoms in total. The lowest BCUT2D eigenvalue weighted by Gasteiger charge is -2.48. The second-order valence-electron chi connectivity index (χ2n) is 6.36. The Labute approximate surface area is 147 Å². The Bertz CT molecular complexity index is 516. The van der Waals surface area contributed by atoms with Crippen molar-refractivity contribution in [2.24, 2.45) is 0 Å². The number of aliphatic hydroxyl groups excluding tert-OH is 7. The van der Waals surface area contributed by atoms with Crippen LogP contribution in [0.2, 0.25) is 0 Å². The van der Waals surface area contributed by atoms with E-state index in [-0.39, 0.29) is 0 Å². The monoisotopic (exact) mass is 384 g/mol. The Morgan fingerprint density at radius 3 is 2.00 bits per heavy atom. The summed E-state index contributed by atoms with van der Waals surface area (Å²) in [6.07, 6.45) is -12.5. The predicted octanol–water partition coefficient (Wildman–Crippen LogP) is -5.44. The minimum atomic E-state index is -2.77. The van der Waals surface area contributed by atoms with Crippen molar-refractivity contribution in [1.29, 1.82) is 0 Å². The fourth-order valence-electron chi connectivity index (χ4n) is 3.11. The minimum absolute atomic E-state index is 0.729. The van der Waals surface area contributed by atoms with Gasteiger partial charge in [-0.2, -0.15) is 0 Å². The molecule has 0 aliphatic carbocycles. The first kappa shape index (κ1) is 21.5. The predicted molar refractivity (Wildman–Crippen MR) is 78.3 cm³/mol. The molecule has 2 heterocycles. The van der Waals surface area contributed by atoms with E-state index in [1.54, 1.807) is 0 Å². The second kappa shape index (κ2) is 7.69. The molecule has 0 aromatic heterocycles. The third-order valence-electron chi connectivity index (χ3n) is 4.79. The summed E-state index contributed by atoms with van der Waals surface area (Å²) < 4.78 is 15.5. The summed E-state index contributed by atoms with van der Waals surface area (Å²) in [7, 11) is 0. The molecule has 0 spiro atoms. The topological polar surface area (TPSA) is 207 Å². The Hall–Kier alpha value is -0.770. The van der Waals surface area contributed by atoms with Crippen LogP contribution in [-0.4, -0.2) is 121 Å². The van der Waals surface area contributed by atoms with Gasteiger partial charge in [-0.05, 0) is 6.92 Å². The number of ketones is 1. The average molecular weight is 384 g/mol. The highest BCUT2D eigenvalue weighted by atomic mass is 16.8. The van der Waals surface area contributed by atoms with E-state index in [1.807, 2.05) is 0 Å². The van der Waals surface area contributed by atoms with E-state index in [0.717, 1.165) is 6.92 Å². The zero-order valence-corrected chi connectivity index (χ0v) is 13.9. The highest BCUT2D eigenvalue weighted by Crippen LogP contribution is 2.38. The number of aliphatic hydroxyl groups is 8. The third kappa shape index (κ3) is 3.16. The lowest BCUT2D eigenvalue weighted by Crippen LogP contribution is -2.71. The van der Waals surface area contributed by atoms with E-state index in [9.17, 15) is 40.5 Å². The zero-order chi connectivity index (χ0) is 19.9. The number of rotatable bonds is 6. The van der Waals surface area contributed by atoms with Crippen LogP contribution in [0.3, 0.4) is 0 Å². The van der Waals surface area contributed by atoms with E-state index in [0.29, 0.717) is 0 Å². The quantitative estimate of drug-likeness (QED) is 0.216. The van der Waals surface area contributed by atoms with Crippen molar-refractivity contribution >= 4 is 5.78 Å². The maximum absolute atomic E-state index is 11.8. The van der Waals surface area contributed by atoms with Crippen molar-refractivity contribution in [2.75, 3.05) is 19.8 Å². The van der Waals surface area contributed by atoms with Gasteiger partial charge in [0, 0.05) is 0 Å². The molecule has 2 rings (SSSR count). The summed E-state index contributed by atoms with van der Waals surface area (Å²) in [4.78, 5) is 11.8. The first-order valence-corrected chi connectivity index (χ1v) is 7.88. The lowest BCUT2D eigenvalue weighted by atomic mass is 9.81. The van der Waals surface area contributed by atoms with Gasteiger partial charge in [-0.1, -0.05) is 0 Å². The van der Waals surface area contributed by atoms with Crippen molar-refractivity contribution in [3.63, 3.8) is 0 Å². The first-order chi connectivity index (χ1) is 12.1. The summed E-state index contributed by atoms with van der Waals surface area (Å²) in [6, 6.07) is 0. The van der Waals surface area contributed by atoms with Crippen LogP contribution >= 0.6 is 0 Å². The molecule has 2 fully saturated rings. The minimum Gasteiger partial charge on any atom is -0.394 e. The van der Waals surface area contributed by atoms with Crippen LogP contribution in [-0.2, 0) is 19.0 Å². The highest BCUT2D eigenvalue weighted by molar-refractivity contribution is 5.86. The molecule has 0 aromatic carbocycles. The molecular weight excluding hydrogens is 360 g/mol. The van der Waals surface area contributed by atoms with Gasteiger partial charge in [0.2, 0.25) is 5.79 Å². The number of Topliss-reactive ketones (excluding diaryl/α,β-unsaturated/α-hetero) is 1. The van der Waals surface area contributed by atoms with E-state index in [1.165, 1.54) is 0 Å². The van der Waals surface area contributed by atoms with Gasteiger partial charge in [0.1, 0.15) is 43.2 Å². The average Bonchev–Trinajstić information content (AvgIpc) is 2.87. The smallest absolute Gasteiger partial charge is 0.224 e. The van der Waals surface area contributed by atoms with Crippen LogP contribution < -0.4 is 0 Å². The molecule has 2 aliphatic heterocycles. The third-order valence-corrected chi connectivity index (χ3v) is 4.79. The molecule has 12 heteroatoms. The van der Waals surface area contributed by atoms with Crippen LogP contribution in [0.1, 0.15) is 6.92 Å². The maximum Gasteiger partial charge on any atom is 0.224 e. The Kier molecular flexibility index (Phi) is 6.37. The largest absolute Gasteiger partial charge is 0.394 e. The molecule has 2 aliphatic rings. The Morgan fingerprint density at radius 2 is 1.58 bits per heavy atom. The summed E-state index contributed by atoms with van der Waals surface area (Å²) >= 11 is 0. The number of carbonyl (C=O) groups excluding carboxylic acids is 1. The molecule has 8 N–H and O–H groups in total. The van der Waals surface area contributed by atoms with Crippen LogP contribution in [0.5, 0.6) is 0 Å². The molecule has 0 saturated carbocycles. The normalized spacial score (nSPS) is 49.3. The number of ether oxygens (including phenoxy) is 3. The van der Waals surface area contributed by atoms with E-state index in [4.69, 9.17) is 19.3 Å². The Balaban J connectivity index is 2.33. The summed E-state index contributed by atoms with van der Waals surface area (Å²) in [5, 5.41) is 78.7. The maximum atomic E-state index is 11.8. The van der Waals surface area contributed by atoms with Gasteiger partial charge >= 0.3 is 0 Å². The van der Waals surface area contributed by atoms with E-state index in [2.05, 4.69) is 0 Å². The molecule has 0 amide bonds. The molecule has 9 atom stereocenters. The molecular formula is C14H24O12. The van der Waals surface area contributed by atoms with Crippen molar-refractivity contribution in [3.8, 4) is 0 Å². The van der Waals surface area contributed by atoms with E-state index >= 15 is 0 Å². The van der Waals surface area contributed by atoms with Gasteiger partial charge in [0.05, 0.1) is 13.2 Å². The van der Waals surface area contributed by atoms with E-state index < -0.39 is 79.9 Å². The second-order valence-corrected chi connectivity index (χ2v) is 6.36. The molecule has 26 heavy (non-hydrogen) atoms. The summed E-state index contributed by atoms with van der Waals surface area (Å²) in [6.45, 7) is -1.76. The van der Waals surface area contributed by atoms with Crippen molar-refractivity contribution in [3.05, 3.63) is 0 Å². The molecule has 0 aromatic rings. The van der Waals surface area contributed by atoms with Gasteiger partial charge in [0.25, 0.3) is 0 Å². The van der Waals surface area contributed by atoms with Crippen molar-refractivity contribution in [2.45, 2.75) is 61.2 Å². The van der Waals surface area contributed by atoms with Gasteiger partial charge in [0.15, 0.2) is 17.7 Å². The van der Waals surface area contributed by atoms with Crippen molar-refractivity contribution < 1.29 is 59.9 Å². The Morgan fingerprint density at radius 1 is 1.00 bits per heavy atom.